The lowest BCUT2D eigenvalue weighted by atomic mass is 10.0. The maximum atomic E-state index is 12.8. The molecule has 24 heavy (non-hydrogen) atoms. The SMILES string of the molecule is O=C(OCCCl)N1CCN(C(=O)c2cccc3ccccc23)CC1. The van der Waals surface area contributed by atoms with Gasteiger partial charge in [-0.1, -0.05) is 36.4 Å². The molecule has 0 atom stereocenters. The summed E-state index contributed by atoms with van der Waals surface area (Å²) in [6, 6.07) is 13.6. The van der Waals surface area contributed by atoms with Crippen molar-refractivity contribution in [2.75, 3.05) is 38.7 Å². The van der Waals surface area contributed by atoms with Crippen LogP contribution in [0.4, 0.5) is 4.79 Å². The van der Waals surface area contributed by atoms with E-state index in [9.17, 15) is 9.59 Å². The van der Waals surface area contributed by atoms with Crippen LogP contribution >= 0.6 is 11.6 Å². The summed E-state index contributed by atoms with van der Waals surface area (Å²) in [7, 11) is 0. The van der Waals surface area contributed by atoms with E-state index in [-0.39, 0.29) is 24.5 Å². The highest BCUT2D eigenvalue weighted by molar-refractivity contribution is 6.18. The number of rotatable bonds is 3. The van der Waals surface area contributed by atoms with Gasteiger partial charge in [0.25, 0.3) is 5.91 Å². The van der Waals surface area contributed by atoms with E-state index in [0.717, 1.165) is 10.8 Å². The van der Waals surface area contributed by atoms with E-state index in [1.54, 1.807) is 9.80 Å². The maximum Gasteiger partial charge on any atom is 0.409 e. The molecule has 6 heteroatoms. The van der Waals surface area contributed by atoms with Crippen molar-refractivity contribution >= 4 is 34.4 Å². The van der Waals surface area contributed by atoms with Crippen LogP contribution < -0.4 is 0 Å². The predicted octanol–water partition coefficient (Wildman–Crippen LogP) is 2.97. The summed E-state index contributed by atoms with van der Waals surface area (Å²) in [4.78, 5) is 28.1. The molecule has 2 aromatic rings. The predicted molar refractivity (Wildman–Crippen MR) is 93.5 cm³/mol. The Kier molecular flexibility index (Phi) is 5.20. The molecule has 0 saturated carbocycles. The summed E-state index contributed by atoms with van der Waals surface area (Å²) in [6.45, 7) is 2.14. The van der Waals surface area contributed by atoms with E-state index in [1.165, 1.54) is 0 Å². The van der Waals surface area contributed by atoms with E-state index in [0.29, 0.717) is 31.7 Å². The average molecular weight is 347 g/mol. The fraction of sp³-hybridized carbons (Fsp3) is 0.333. The maximum absolute atomic E-state index is 12.8. The molecule has 0 aromatic heterocycles. The quantitative estimate of drug-likeness (QED) is 0.803. The van der Waals surface area contributed by atoms with Crippen molar-refractivity contribution in [1.29, 1.82) is 0 Å². The molecule has 3 rings (SSSR count). The monoisotopic (exact) mass is 346 g/mol. The summed E-state index contributed by atoms with van der Waals surface area (Å²) in [5.41, 5.74) is 0.700. The number of piperazine rings is 1. The number of halogens is 1. The molecule has 2 amide bonds. The van der Waals surface area contributed by atoms with Gasteiger partial charge >= 0.3 is 6.09 Å². The third-order valence-corrected chi connectivity index (χ3v) is 4.30. The molecule has 1 heterocycles. The van der Waals surface area contributed by atoms with Gasteiger partial charge in [-0.15, -0.1) is 11.6 Å². The average Bonchev–Trinajstić information content (AvgIpc) is 2.65. The van der Waals surface area contributed by atoms with Crippen molar-refractivity contribution in [3.8, 4) is 0 Å². The molecule has 0 N–H and O–H groups in total. The van der Waals surface area contributed by atoms with Gasteiger partial charge in [0.15, 0.2) is 0 Å². The number of hydrogen-bond donors (Lipinski definition) is 0. The number of nitrogens with zero attached hydrogens (tertiary/aromatic N) is 2. The van der Waals surface area contributed by atoms with Crippen LogP contribution in [-0.4, -0.2) is 60.5 Å². The molecule has 2 aromatic carbocycles. The van der Waals surface area contributed by atoms with Crippen LogP contribution in [0.5, 0.6) is 0 Å². The van der Waals surface area contributed by atoms with Gasteiger partial charge in [0.05, 0.1) is 5.88 Å². The number of alkyl halides is 1. The van der Waals surface area contributed by atoms with Crippen LogP contribution in [-0.2, 0) is 4.74 Å². The molecule has 0 bridgehead atoms. The van der Waals surface area contributed by atoms with Crippen molar-refractivity contribution in [2.45, 2.75) is 0 Å². The molecular formula is C18H19ClN2O3. The second-order valence-corrected chi connectivity index (χ2v) is 5.99. The number of hydrogen-bond acceptors (Lipinski definition) is 3. The topological polar surface area (TPSA) is 49.9 Å². The van der Waals surface area contributed by atoms with Crippen LogP contribution in [0.15, 0.2) is 42.5 Å². The number of carbonyl (C=O) groups excluding carboxylic acids is 2. The highest BCUT2D eigenvalue weighted by Crippen LogP contribution is 2.20. The van der Waals surface area contributed by atoms with Gasteiger partial charge in [-0.2, -0.15) is 0 Å². The highest BCUT2D eigenvalue weighted by atomic mass is 35.5. The van der Waals surface area contributed by atoms with E-state index < -0.39 is 0 Å². The fourth-order valence-corrected chi connectivity index (χ4v) is 2.97. The Bertz CT molecular complexity index is 737. The minimum atomic E-state index is -0.368. The van der Waals surface area contributed by atoms with Crippen molar-refractivity contribution in [3.63, 3.8) is 0 Å². The molecular weight excluding hydrogens is 328 g/mol. The minimum Gasteiger partial charge on any atom is -0.448 e. The van der Waals surface area contributed by atoms with Crippen molar-refractivity contribution in [3.05, 3.63) is 48.0 Å². The first-order chi connectivity index (χ1) is 11.7. The summed E-state index contributed by atoms with van der Waals surface area (Å²) in [5.74, 6) is 0.284. The third kappa shape index (κ3) is 3.46. The largest absolute Gasteiger partial charge is 0.448 e. The van der Waals surface area contributed by atoms with Crippen molar-refractivity contribution in [2.24, 2.45) is 0 Å². The van der Waals surface area contributed by atoms with E-state index in [4.69, 9.17) is 16.3 Å². The number of benzene rings is 2. The van der Waals surface area contributed by atoms with E-state index >= 15 is 0 Å². The lowest BCUT2D eigenvalue weighted by Crippen LogP contribution is -2.50. The van der Waals surface area contributed by atoms with Gasteiger partial charge in [0, 0.05) is 31.7 Å². The number of ether oxygens (including phenoxy) is 1. The second-order valence-electron chi connectivity index (χ2n) is 5.61. The molecule has 0 aliphatic carbocycles. The Morgan fingerprint density at radius 2 is 1.62 bits per heavy atom. The first-order valence-corrected chi connectivity index (χ1v) is 8.49. The van der Waals surface area contributed by atoms with Gasteiger partial charge < -0.3 is 14.5 Å². The molecule has 0 unspecified atom stereocenters. The smallest absolute Gasteiger partial charge is 0.409 e. The third-order valence-electron chi connectivity index (χ3n) is 4.15. The van der Waals surface area contributed by atoms with Crippen molar-refractivity contribution < 1.29 is 14.3 Å². The van der Waals surface area contributed by atoms with Gasteiger partial charge in [-0.25, -0.2) is 4.79 Å². The lowest BCUT2D eigenvalue weighted by molar-refractivity contribution is 0.0573. The summed E-state index contributed by atoms with van der Waals surface area (Å²) >= 11 is 5.52. The zero-order valence-corrected chi connectivity index (χ0v) is 14.0. The molecule has 0 radical (unpaired) electrons. The first kappa shape index (κ1) is 16.6. The van der Waals surface area contributed by atoms with Crippen LogP contribution in [0, 0.1) is 0 Å². The van der Waals surface area contributed by atoms with Crippen molar-refractivity contribution in [1.82, 2.24) is 9.80 Å². The Hall–Kier alpha value is -2.27. The zero-order valence-electron chi connectivity index (χ0n) is 13.3. The van der Waals surface area contributed by atoms with Gasteiger partial charge in [-0.3, -0.25) is 4.79 Å². The Morgan fingerprint density at radius 3 is 2.38 bits per heavy atom. The van der Waals surface area contributed by atoms with Crippen LogP contribution in [0.25, 0.3) is 10.8 Å². The Morgan fingerprint density at radius 1 is 0.958 bits per heavy atom. The molecule has 1 fully saturated rings. The van der Waals surface area contributed by atoms with Crippen LogP contribution in [0.1, 0.15) is 10.4 Å². The lowest BCUT2D eigenvalue weighted by Gasteiger charge is -2.34. The summed E-state index contributed by atoms with van der Waals surface area (Å²) < 4.78 is 5.02. The summed E-state index contributed by atoms with van der Waals surface area (Å²) in [6.07, 6.45) is -0.368. The Balaban J connectivity index is 1.68. The zero-order chi connectivity index (χ0) is 16.9. The minimum absolute atomic E-state index is 0.000533. The standard InChI is InChI=1S/C18H19ClN2O3/c19-8-13-24-18(23)21-11-9-20(10-12-21)17(22)16-7-3-5-14-4-1-2-6-15(14)16/h1-7H,8-13H2. The normalized spacial score (nSPS) is 14.7. The molecule has 1 saturated heterocycles. The molecule has 1 aliphatic heterocycles. The van der Waals surface area contributed by atoms with E-state index in [1.807, 2.05) is 42.5 Å². The molecule has 5 nitrogen and oxygen atoms in total. The molecule has 0 spiro atoms. The van der Waals surface area contributed by atoms with Gasteiger partial charge in [0.1, 0.15) is 6.61 Å². The van der Waals surface area contributed by atoms with Gasteiger partial charge in [-0.05, 0) is 16.8 Å². The van der Waals surface area contributed by atoms with Crippen LogP contribution in [0.2, 0.25) is 0 Å². The summed E-state index contributed by atoms with van der Waals surface area (Å²) in [5, 5.41) is 2.00. The highest BCUT2D eigenvalue weighted by Gasteiger charge is 2.26. The van der Waals surface area contributed by atoms with Crippen LogP contribution in [0.3, 0.4) is 0 Å². The number of fused-ring (bicyclic) bond motifs is 1. The molecule has 1 aliphatic rings. The number of carbonyl (C=O) groups is 2. The fourth-order valence-electron chi connectivity index (χ4n) is 2.89. The Labute approximate surface area is 145 Å². The first-order valence-electron chi connectivity index (χ1n) is 7.95. The van der Waals surface area contributed by atoms with E-state index in [2.05, 4.69) is 0 Å². The number of amides is 2. The van der Waals surface area contributed by atoms with Gasteiger partial charge in [0.2, 0.25) is 0 Å². The molecule has 126 valence electrons. The second kappa shape index (κ2) is 7.53.